The number of nitrogens with zero attached hydrogens (tertiary/aromatic N) is 4. The summed E-state index contributed by atoms with van der Waals surface area (Å²) in [6.07, 6.45) is 1.92. The smallest absolute Gasteiger partial charge is 0.226 e. The molecular weight excluding hydrogens is 232 g/mol. The summed E-state index contributed by atoms with van der Waals surface area (Å²) in [6, 6.07) is 3.50. The van der Waals surface area contributed by atoms with Crippen molar-refractivity contribution >= 4 is 5.91 Å². The summed E-state index contributed by atoms with van der Waals surface area (Å²) in [5.74, 6) is 0.343. The van der Waals surface area contributed by atoms with Crippen LogP contribution < -0.4 is 5.32 Å². The molecule has 0 bridgehead atoms. The number of carbonyl (C=O) groups excluding carboxylic acids is 1. The maximum absolute atomic E-state index is 11.8. The number of aryl methyl sites for hydroxylation is 1. The van der Waals surface area contributed by atoms with Crippen molar-refractivity contribution in [1.82, 2.24) is 30.9 Å². The lowest BCUT2D eigenvalue weighted by molar-refractivity contribution is -0.121. The molecule has 0 spiro atoms. The van der Waals surface area contributed by atoms with Crippen molar-refractivity contribution in [2.75, 3.05) is 0 Å². The Labute approximate surface area is 104 Å². The number of nitrogens with one attached hydrogen (secondary N) is 2. The lowest BCUT2D eigenvalue weighted by Crippen LogP contribution is -2.29. The van der Waals surface area contributed by atoms with E-state index >= 15 is 0 Å². The van der Waals surface area contributed by atoms with E-state index in [4.69, 9.17) is 0 Å². The normalized spacial score (nSPS) is 12.1. The predicted molar refractivity (Wildman–Crippen MR) is 63.4 cm³/mol. The molecule has 2 rings (SSSR count). The number of aromatic nitrogens is 5. The highest BCUT2D eigenvalue weighted by Crippen LogP contribution is 2.06. The van der Waals surface area contributed by atoms with Gasteiger partial charge in [-0.25, -0.2) is 0 Å². The van der Waals surface area contributed by atoms with E-state index in [1.807, 2.05) is 19.1 Å². The second kappa shape index (κ2) is 5.35. The average Bonchev–Trinajstić information content (AvgIpc) is 2.85. The molecule has 0 aliphatic carbocycles. The van der Waals surface area contributed by atoms with Crippen LogP contribution in [-0.4, -0.2) is 31.5 Å². The zero-order chi connectivity index (χ0) is 13.0. The molecule has 1 unspecified atom stereocenters. The van der Waals surface area contributed by atoms with Gasteiger partial charge in [-0.2, -0.15) is 5.21 Å². The van der Waals surface area contributed by atoms with Crippen LogP contribution in [0, 0.1) is 6.92 Å². The lowest BCUT2D eigenvalue weighted by Gasteiger charge is -2.10. The first-order valence-corrected chi connectivity index (χ1v) is 5.60. The van der Waals surface area contributed by atoms with Gasteiger partial charge in [0, 0.05) is 6.20 Å². The minimum atomic E-state index is -0.278. The van der Waals surface area contributed by atoms with Crippen molar-refractivity contribution in [2.24, 2.45) is 0 Å². The Bertz CT molecular complexity index is 524. The van der Waals surface area contributed by atoms with E-state index in [-0.39, 0.29) is 18.4 Å². The second-order valence-electron chi connectivity index (χ2n) is 4.00. The Kier molecular flexibility index (Phi) is 3.61. The van der Waals surface area contributed by atoms with Gasteiger partial charge in [-0.05, 0) is 25.5 Å². The van der Waals surface area contributed by atoms with Crippen molar-refractivity contribution in [3.63, 3.8) is 0 Å². The zero-order valence-corrected chi connectivity index (χ0v) is 10.2. The molecule has 0 fully saturated rings. The van der Waals surface area contributed by atoms with Crippen molar-refractivity contribution in [3.05, 3.63) is 35.4 Å². The van der Waals surface area contributed by atoms with Gasteiger partial charge in [-0.15, -0.1) is 10.2 Å². The van der Waals surface area contributed by atoms with Gasteiger partial charge in [0.05, 0.1) is 18.2 Å². The maximum Gasteiger partial charge on any atom is 0.226 e. The van der Waals surface area contributed by atoms with Gasteiger partial charge in [0.1, 0.15) is 0 Å². The van der Waals surface area contributed by atoms with Crippen molar-refractivity contribution in [1.29, 1.82) is 0 Å². The molecule has 0 aliphatic heterocycles. The fourth-order valence-electron chi connectivity index (χ4n) is 1.57. The van der Waals surface area contributed by atoms with E-state index in [1.165, 1.54) is 0 Å². The van der Waals surface area contributed by atoms with Crippen molar-refractivity contribution < 1.29 is 4.79 Å². The third kappa shape index (κ3) is 2.88. The molecule has 7 heteroatoms. The molecule has 1 atom stereocenters. The Hall–Kier alpha value is -2.31. The van der Waals surface area contributed by atoms with E-state index in [1.54, 1.807) is 13.1 Å². The quantitative estimate of drug-likeness (QED) is 0.810. The summed E-state index contributed by atoms with van der Waals surface area (Å²) >= 11 is 0. The molecule has 0 saturated heterocycles. The van der Waals surface area contributed by atoms with Gasteiger partial charge in [0.25, 0.3) is 0 Å². The lowest BCUT2D eigenvalue weighted by atomic mass is 10.1. The molecule has 18 heavy (non-hydrogen) atoms. The number of aromatic amines is 1. The average molecular weight is 246 g/mol. The molecule has 2 N–H and O–H groups in total. The van der Waals surface area contributed by atoms with Crippen molar-refractivity contribution in [3.8, 4) is 0 Å². The van der Waals surface area contributed by atoms with Crippen LogP contribution in [0.1, 0.15) is 30.0 Å². The first kappa shape index (κ1) is 12.2. The summed E-state index contributed by atoms with van der Waals surface area (Å²) in [7, 11) is 0. The Balaban J connectivity index is 1.95. The number of hydrogen-bond acceptors (Lipinski definition) is 5. The topological polar surface area (TPSA) is 96.5 Å². The number of carbonyl (C=O) groups is 1. The molecule has 94 valence electrons. The van der Waals surface area contributed by atoms with Gasteiger partial charge in [0.2, 0.25) is 5.91 Å². The first-order valence-electron chi connectivity index (χ1n) is 5.60. The van der Waals surface area contributed by atoms with Gasteiger partial charge < -0.3 is 5.32 Å². The third-order valence-corrected chi connectivity index (χ3v) is 2.57. The number of pyridine rings is 1. The number of tetrazole rings is 1. The fourth-order valence-corrected chi connectivity index (χ4v) is 1.57. The number of rotatable bonds is 4. The molecular formula is C11H14N6O. The zero-order valence-electron chi connectivity index (χ0n) is 10.2. The van der Waals surface area contributed by atoms with Gasteiger partial charge >= 0.3 is 0 Å². The highest BCUT2D eigenvalue weighted by atomic mass is 16.1. The van der Waals surface area contributed by atoms with Crippen LogP contribution in [0.5, 0.6) is 0 Å². The molecule has 7 nitrogen and oxygen atoms in total. The van der Waals surface area contributed by atoms with Gasteiger partial charge in [-0.3, -0.25) is 9.78 Å². The Morgan fingerprint density at radius 1 is 1.56 bits per heavy atom. The van der Waals surface area contributed by atoms with E-state index in [0.717, 1.165) is 11.3 Å². The fraction of sp³-hybridized carbons (Fsp3) is 0.364. The standard InChI is InChI=1S/C11H14N6O/c1-7-4-3-5-12-9(7)6-10(18)13-8(2)11-14-16-17-15-11/h3-5,8H,6H2,1-2H3,(H,13,18)(H,14,15,16,17). The maximum atomic E-state index is 11.8. The van der Waals surface area contributed by atoms with Crippen LogP contribution in [-0.2, 0) is 11.2 Å². The monoisotopic (exact) mass is 246 g/mol. The second-order valence-corrected chi connectivity index (χ2v) is 4.00. The van der Waals surface area contributed by atoms with E-state index in [2.05, 4.69) is 30.9 Å². The molecule has 2 aromatic heterocycles. The summed E-state index contributed by atoms with van der Waals surface area (Å²) in [6.45, 7) is 3.73. The molecule has 0 saturated carbocycles. The largest absolute Gasteiger partial charge is 0.346 e. The van der Waals surface area contributed by atoms with Gasteiger partial charge in [-0.1, -0.05) is 11.3 Å². The van der Waals surface area contributed by atoms with Gasteiger partial charge in [0.15, 0.2) is 5.82 Å². The van der Waals surface area contributed by atoms with Crippen LogP contribution in [0.25, 0.3) is 0 Å². The van der Waals surface area contributed by atoms with Crippen LogP contribution in [0.3, 0.4) is 0 Å². The highest BCUT2D eigenvalue weighted by Gasteiger charge is 2.14. The first-order chi connectivity index (χ1) is 8.66. The van der Waals surface area contributed by atoms with Crippen LogP contribution in [0.2, 0.25) is 0 Å². The molecule has 0 radical (unpaired) electrons. The molecule has 2 heterocycles. The SMILES string of the molecule is Cc1cccnc1CC(=O)NC(C)c1nn[nH]n1. The molecule has 0 aliphatic rings. The van der Waals surface area contributed by atoms with Crippen LogP contribution in [0.15, 0.2) is 18.3 Å². The summed E-state index contributed by atoms with van der Waals surface area (Å²) < 4.78 is 0. The molecule has 2 aromatic rings. The highest BCUT2D eigenvalue weighted by molar-refractivity contribution is 5.78. The number of amides is 1. The Morgan fingerprint density at radius 2 is 2.39 bits per heavy atom. The van der Waals surface area contributed by atoms with Crippen LogP contribution in [0.4, 0.5) is 0 Å². The minimum absolute atomic E-state index is 0.117. The summed E-state index contributed by atoms with van der Waals surface area (Å²) in [5.41, 5.74) is 1.77. The predicted octanol–water partition coefficient (Wildman–Crippen LogP) is 0.323. The number of H-pyrrole nitrogens is 1. The molecule has 0 aromatic carbocycles. The third-order valence-electron chi connectivity index (χ3n) is 2.57. The summed E-state index contributed by atoms with van der Waals surface area (Å²) in [4.78, 5) is 16.0. The van der Waals surface area contributed by atoms with E-state index in [0.29, 0.717) is 5.82 Å². The minimum Gasteiger partial charge on any atom is -0.346 e. The van der Waals surface area contributed by atoms with Crippen LogP contribution >= 0.6 is 0 Å². The Morgan fingerprint density at radius 3 is 3.06 bits per heavy atom. The number of hydrogen-bond donors (Lipinski definition) is 2. The van der Waals surface area contributed by atoms with E-state index < -0.39 is 0 Å². The summed E-state index contributed by atoms with van der Waals surface area (Å²) in [5, 5.41) is 16.2. The van der Waals surface area contributed by atoms with E-state index in [9.17, 15) is 4.79 Å². The molecule has 1 amide bonds. The van der Waals surface area contributed by atoms with Crippen molar-refractivity contribution in [2.45, 2.75) is 26.3 Å².